The molecule has 1 aromatic rings. The highest BCUT2D eigenvalue weighted by molar-refractivity contribution is 6.34. The molecule has 0 bridgehead atoms. The molecule has 2 fully saturated rings. The van der Waals surface area contributed by atoms with E-state index in [4.69, 9.17) is 16.3 Å². The average Bonchev–Trinajstić information content (AvgIpc) is 2.61. The molecule has 2 aliphatic heterocycles. The molecular weight excluding hydrogens is 382 g/mol. The molecule has 28 heavy (non-hydrogen) atoms. The van der Waals surface area contributed by atoms with E-state index in [2.05, 4.69) is 5.32 Å². The number of carbonyl (C=O) groups excluding carboxylic acids is 3. The van der Waals surface area contributed by atoms with Crippen molar-refractivity contribution < 1.29 is 19.1 Å². The summed E-state index contributed by atoms with van der Waals surface area (Å²) < 4.78 is 5.44. The lowest BCUT2D eigenvalue weighted by molar-refractivity contribution is -0.120. The molecule has 0 atom stereocenters. The van der Waals surface area contributed by atoms with Gasteiger partial charge in [-0.25, -0.2) is 9.59 Å². The summed E-state index contributed by atoms with van der Waals surface area (Å²) in [4.78, 5) is 39.0. The van der Waals surface area contributed by atoms with Crippen LogP contribution in [0.15, 0.2) is 18.2 Å². The van der Waals surface area contributed by atoms with Crippen LogP contribution in [0, 0.1) is 0 Å². The largest absolute Gasteiger partial charge is 0.444 e. The molecule has 2 heterocycles. The Balaban J connectivity index is 1.70. The topological polar surface area (TPSA) is 79.0 Å². The van der Waals surface area contributed by atoms with Gasteiger partial charge in [0.05, 0.1) is 10.7 Å². The number of imide groups is 1. The molecule has 8 heteroatoms. The zero-order valence-electron chi connectivity index (χ0n) is 16.5. The number of amides is 4. The van der Waals surface area contributed by atoms with Gasteiger partial charge in [0.15, 0.2) is 0 Å². The van der Waals surface area contributed by atoms with E-state index in [0.717, 1.165) is 18.4 Å². The van der Waals surface area contributed by atoms with E-state index in [1.54, 1.807) is 11.0 Å². The van der Waals surface area contributed by atoms with Crippen LogP contribution >= 0.6 is 11.6 Å². The fraction of sp³-hybridized carbons (Fsp3) is 0.550. The minimum Gasteiger partial charge on any atom is -0.444 e. The van der Waals surface area contributed by atoms with Gasteiger partial charge in [-0.3, -0.25) is 15.0 Å². The first kappa shape index (κ1) is 20.5. The van der Waals surface area contributed by atoms with Crippen molar-refractivity contribution >= 4 is 35.3 Å². The first-order valence-corrected chi connectivity index (χ1v) is 9.91. The minimum atomic E-state index is -0.512. The van der Waals surface area contributed by atoms with Crippen molar-refractivity contribution in [2.24, 2.45) is 0 Å². The van der Waals surface area contributed by atoms with Crippen molar-refractivity contribution in [1.82, 2.24) is 10.2 Å². The van der Waals surface area contributed by atoms with Crippen molar-refractivity contribution in [2.75, 3.05) is 24.5 Å². The number of hydrogen-bond acceptors (Lipinski definition) is 4. The van der Waals surface area contributed by atoms with E-state index in [9.17, 15) is 14.4 Å². The number of rotatable bonds is 2. The van der Waals surface area contributed by atoms with Gasteiger partial charge in [0.1, 0.15) is 5.60 Å². The van der Waals surface area contributed by atoms with Crippen LogP contribution in [-0.2, 0) is 9.53 Å². The standard InChI is InChI=1S/C20H26ClN3O4/c1-20(2,3)28-19(27)23-10-7-13(8-11-23)14-5-4-6-15(17(14)21)24-12-9-16(25)22-18(24)26/h4-6,13H,7-12H2,1-3H3,(H,22,25,26). The first-order chi connectivity index (χ1) is 13.2. The highest BCUT2D eigenvalue weighted by atomic mass is 35.5. The predicted molar refractivity (Wildman–Crippen MR) is 107 cm³/mol. The maximum Gasteiger partial charge on any atom is 0.410 e. The summed E-state index contributed by atoms with van der Waals surface area (Å²) in [5.41, 5.74) is 1.06. The van der Waals surface area contributed by atoms with Gasteiger partial charge in [0.25, 0.3) is 0 Å². The normalized spacial score (nSPS) is 18.9. The summed E-state index contributed by atoms with van der Waals surface area (Å²) in [6.07, 6.45) is 1.50. The van der Waals surface area contributed by atoms with Gasteiger partial charge >= 0.3 is 12.1 Å². The third-order valence-corrected chi connectivity index (χ3v) is 5.35. The number of carbonyl (C=O) groups is 3. The number of likely N-dealkylation sites (tertiary alicyclic amines) is 1. The molecule has 0 radical (unpaired) electrons. The van der Waals surface area contributed by atoms with Crippen molar-refractivity contribution in [1.29, 1.82) is 0 Å². The molecular formula is C20H26ClN3O4. The van der Waals surface area contributed by atoms with Gasteiger partial charge in [-0.15, -0.1) is 0 Å². The molecule has 2 saturated heterocycles. The van der Waals surface area contributed by atoms with Crippen molar-refractivity contribution in [3.05, 3.63) is 28.8 Å². The number of nitrogens with one attached hydrogen (secondary N) is 1. The number of piperidine rings is 1. The summed E-state index contributed by atoms with van der Waals surface area (Å²) in [6, 6.07) is 5.18. The SMILES string of the molecule is CC(C)(C)OC(=O)N1CCC(c2cccc(N3CCC(=O)NC3=O)c2Cl)CC1. The molecule has 0 aromatic heterocycles. The Morgan fingerprint density at radius 2 is 1.86 bits per heavy atom. The summed E-state index contributed by atoms with van der Waals surface area (Å²) in [7, 11) is 0. The van der Waals surface area contributed by atoms with E-state index in [1.807, 2.05) is 32.9 Å². The number of hydrogen-bond donors (Lipinski definition) is 1. The molecule has 4 amide bonds. The second-order valence-corrected chi connectivity index (χ2v) is 8.55. The van der Waals surface area contributed by atoms with Crippen LogP contribution in [0.5, 0.6) is 0 Å². The van der Waals surface area contributed by atoms with E-state index in [1.165, 1.54) is 4.90 Å². The lowest BCUT2D eigenvalue weighted by Gasteiger charge is -2.34. The summed E-state index contributed by atoms with van der Waals surface area (Å²) >= 11 is 6.65. The van der Waals surface area contributed by atoms with Gasteiger partial charge in [-0.2, -0.15) is 0 Å². The average molecular weight is 408 g/mol. The maximum atomic E-state index is 12.2. The monoisotopic (exact) mass is 407 g/mol. The Morgan fingerprint density at radius 3 is 2.46 bits per heavy atom. The van der Waals surface area contributed by atoms with E-state index >= 15 is 0 Å². The number of anilines is 1. The number of urea groups is 1. The predicted octanol–water partition coefficient (Wildman–Crippen LogP) is 3.90. The molecule has 0 saturated carbocycles. The number of ether oxygens (including phenoxy) is 1. The third kappa shape index (κ3) is 4.58. The van der Waals surface area contributed by atoms with Gasteiger partial charge in [-0.05, 0) is 51.2 Å². The number of halogens is 1. The van der Waals surface area contributed by atoms with Crippen LogP contribution < -0.4 is 10.2 Å². The van der Waals surface area contributed by atoms with E-state index in [0.29, 0.717) is 30.3 Å². The molecule has 0 unspecified atom stereocenters. The highest BCUT2D eigenvalue weighted by Gasteiger charge is 2.31. The Bertz CT molecular complexity index is 782. The summed E-state index contributed by atoms with van der Waals surface area (Å²) in [5.74, 6) is -0.0799. The number of benzene rings is 1. The Morgan fingerprint density at radius 1 is 1.18 bits per heavy atom. The second-order valence-electron chi connectivity index (χ2n) is 8.18. The molecule has 7 nitrogen and oxygen atoms in total. The van der Waals surface area contributed by atoms with Crippen molar-refractivity contribution in [2.45, 2.75) is 51.6 Å². The fourth-order valence-corrected chi connectivity index (χ4v) is 3.94. The van der Waals surface area contributed by atoms with Crippen molar-refractivity contribution in [3.8, 4) is 0 Å². The summed E-state index contributed by atoms with van der Waals surface area (Å²) in [5, 5.41) is 2.85. The molecule has 2 aliphatic rings. The van der Waals surface area contributed by atoms with Gasteiger partial charge in [0.2, 0.25) is 5.91 Å². The molecule has 3 rings (SSSR count). The Kier molecular flexibility index (Phi) is 5.84. The first-order valence-electron chi connectivity index (χ1n) is 9.53. The molecule has 0 spiro atoms. The van der Waals surface area contributed by atoms with Crippen LogP contribution in [0.1, 0.15) is 51.5 Å². The second kappa shape index (κ2) is 7.99. The quantitative estimate of drug-likeness (QED) is 0.806. The van der Waals surface area contributed by atoms with Crippen LogP contribution in [0.25, 0.3) is 0 Å². The van der Waals surface area contributed by atoms with Gasteiger partial charge in [-0.1, -0.05) is 23.7 Å². The van der Waals surface area contributed by atoms with Gasteiger partial charge in [0, 0.05) is 26.1 Å². The lowest BCUT2D eigenvalue weighted by atomic mass is 9.89. The zero-order valence-corrected chi connectivity index (χ0v) is 17.2. The Hall–Kier alpha value is -2.28. The van der Waals surface area contributed by atoms with Crippen LogP contribution in [0.2, 0.25) is 5.02 Å². The minimum absolute atomic E-state index is 0.195. The maximum absolute atomic E-state index is 12.2. The van der Waals surface area contributed by atoms with Gasteiger partial charge < -0.3 is 9.64 Å². The lowest BCUT2D eigenvalue weighted by Crippen LogP contribution is -2.49. The van der Waals surface area contributed by atoms with Crippen molar-refractivity contribution in [3.63, 3.8) is 0 Å². The summed E-state index contributed by atoms with van der Waals surface area (Å²) in [6.45, 7) is 7.07. The van der Waals surface area contributed by atoms with E-state index < -0.39 is 11.6 Å². The molecule has 1 N–H and O–H groups in total. The Labute approximate surface area is 169 Å². The highest BCUT2D eigenvalue weighted by Crippen LogP contribution is 2.38. The van der Waals surface area contributed by atoms with Crippen LogP contribution in [-0.4, -0.2) is 48.2 Å². The smallest absolute Gasteiger partial charge is 0.410 e. The molecule has 152 valence electrons. The van der Waals surface area contributed by atoms with E-state index in [-0.39, 0.29) is 24.3 Å². The molecule has 0 aliphatic carbocycles. The third-order valence-electron chi connectivity index (χ3n) is 4.94. The fourth-order valence-electron chi connectivity index (χ4n) is 3.55. The molecule has 1 aromatic carbocycles. The van der Waals surface area contributed by atoms with Crippen LogP contribution in [0.4, 0.5) is 15.3 Å². The van der Waals surface area contributed by atoms with Crippen LogP contribution in [0.3, 0.4) is 0 Å². The zero-order chi connectivity index (χ0) is 20.5. The number of nitrogens with zero attached hydrogens (tertiary/aromatic N) is 2.